The fourth-order valence-electron chi connectivity index (χ4n) is 5.13. The number of hydrogen-bond acceptors (Lipinski definition) is 1. The van der Waals surface area contributed by atoms with Crippen molar-refractivity contribution in [2.75, 3.05) is 5.32 Å². The molecule has 0 aromatic heterocycles. The fourth-order valence-corrected chi connectivity index (χ4v) is 5.40. The van der Waals surface area contributed by atoms with Crippen LogP contribution in [0.15, 0.2) is 65.1 Å². The average Bonchev–Trinajstić information content (AvgIpc) is 3.10. The minimum Gasteiger partial charge on any atom is -0.317 e. The molecule has 1 N–H and O–H groups in total. The lowest BCUT2D eigenvalue weighted by atomic mass is 10.0. The summed E-state index contributed by atoms with van der Waals surface area (Å²) in [6.07, 6.45) is 7.08. The molecule has 178 valence electrons. The Balaban J connectivity index is 1.56. The SMILES string of the molecule is Cc1cc(C)c(NC(=O)N(Cc2ccc(-c3ccc(Br)cc3)cc2)C2CCCCCC2)c(C)c1. The topological polar surface area (TPSA) is 32.3 Å². The molecule has 0 radical (unpaired) electrons. The van der Waals surface area contributed by atoms with Gasteiger partial charge in [0.05, 0.1) is 0 Å². The zero-order valence-corrected chi connectivity index (χ0v) is 22.1. The number of carbonyl (C=O) groups excluding carboxylic acids is 1. The third kappa shape index (κ3) is 6.09. The third-order valence-electron chi connectivity index (χ3n) is 6.92. The molecule has 4 heteroatoms. The van der Waals surface area contributed by atoms with Gasteiger partial charge in [-0.3, -0.25) is 0 Å². The first-order valence-electron chi connectivity index (χ1n) is 12.4. The normalized spacial score (nSPS) is 14.5. The molecule has 3 aromatic carbocycles. The summed E-state index contributed by atoms with van der Waals surface area (Å²) >= 11 is 3.51. The second-order valence-electron chi connectivity index (χ2n) is 9.68. The van der Waals surface area contributed by atoms with Crippen LogP contribution in [-0.2, 0) is 6.54 Å². The van der Waals surface area contributed by atoms with E-state index in [0.29, 0.717) is 6.54 Å². The van der Waals surface area contributed by atoms with Gasteiger partial charge in [0.1, 0.15) is 0 Å². The second-order valence-corrected chi connectivity index (χ2v) is 10.6. The van der Waals surface area contributed by atoms with Crippen LogP contribution >= 0.6 is 15.9 Å². The predicted octanol–water partition coefficient (Wildman–Crippen LogP) is 8.80. The number of carbonyl (C=O) groups is 1. The second kappa shape index (κ2) is 11.2. The van der Waals surface area contributed by atoms with Crippen molar-refractivity contribution in [2.24, 2.45) is 0 Å². The standard InChI is InChI=1S/C30H35BrN2O/c1-21-18-22(2)29(23(3)19-21)32-30(34)33(28-8-6-4-5-7-9-28)20-24-10-12-25(13-11-24)26-14-16-27(31)17-15-26/h10-19,28H,4-9,20H2,1-3H3,(H,32,34). The number of urea groups is 1. The van der Waals surface area contributed by atoms with Gasteiger partial charge < -0.3 is 10.2 Å². The van der Waals surface area contributed by atoms with E-state index in [4.69, 9.17) is 0 Å². The highest BCUT2D eigenvalue weighted by Crippen LogP contribution is 2.28. The Morgan fingerprint density at radius 1 is 0.853 bits per heavy atom. The highest BCUT2D eigenvalue weighted by molar-refractivity contribution is 9.10. The van der Waals surface area contributed by atoms with Crippen molar-refractivity contribution in [1.82, 2.24) is 4.90 Å². The Kier molecular flexibility index (Phi) is 8.10. The van der Waals surface area contributed by atoms with Crippen molar-refractivity contribution in [2.45, 2.75) is 71.9 Å². The van der Waals surface area contributed by atoms with Crippen molar-refractivity contribution in [1.29, 1.82) is 0 Å². The lowest BCUT2D eigenvalue weighted by Gasteiger charge is -2.32. The van der Waals surface area contributed by atoms with E-state index >= 15 is 0 Å². The van der Waals surface area contributed by atoms with Gasteiger partial charge in [-0.25, -0.2) is 4.79 Å². The van der Waals surface area contributed by atoms with Gasteiger partial charge in [-0.1, -0.05) is 95.7 Å². The molecule has 3 nitrogen and oxygen atoms in total. The summed E-state index contributed by atoms with van der Waals surface area (Å²) in [5.74, 6) is 0. The van der Waals surface area contributed by atoms with Gasteiger partial charge in [-0.2, -0.15) is 0 Å². The first kappa shape index (κ1) is 24.5. The van der Waals surface area contributed by atoms with Crippen molar-refractivity contribution >= 4 is 27.6 Å². The van der Waals surface area contributed by atoms with Crippen molar-refractivity contribution in [3.05, 3.63) is 87.4 Å². The van der Waals surface area contributed by atoms with E-state index in [2.05, 4.69) is 108 Å². The highest BCUT2D eigenvalue weighted by Gasteiger charge is 2.25. The van der Waals surface area contributed by atoms with Crippen LogP contribution in [0, 0.1) is 20.8 Å². The molecule has 0 atom stereocenters. The summed E-state index contributed by atoms with van der Waals surface area (Å²) in [5.41, 5.74) is 7.94. The van der Waals surface area contributed by atoms with Crippen LogP contribution in [0.3, 0.4) is 0 Å². The van der Waals surface area contributed by atoms with Crippen LogP contribution in [0.25, 0.3) is 11.1 Å². The fraction of sp³-hybridized carbons (Fsp3) is 0.367. The van der Waals surface area contributed by atoms with E-state index in [9.17, 15) is 4.79 Å². The number of halogens is 1. The van der Waals surface area contributed by atoms with Crippen LogP contribution in [-0.4, -0.2) is 17.0 Å². The lowest BCUT2D eigenvalue weighted by molar-refractivity contribution is 0.175. The largest absolute Gasteiger partial charge is 0.322 e. The van der Waals surface area contributed by atoms with Gasteiger partial charge >= 0.3 is 6.03 Å². The number of benzene rings is 3. The number of nitrogens with zero attached hydrogens (tertiary/aromatic N) is 1. The lowest BCUT2D eigenvalue weighted by Crippen LogP contribution is -2.42. The average molecular weight is 520 g/mol. The van der Waals surface area contributed by atoms with Gasteiger partial charge in [0.15, 0.2) is 0 Å². The Bertz CT molecular complexity index is 1090. The maximum absolute atomic E-state index is 13.6. The van der Waals surface area contributed by atoms with Crippen molar-refractivity contribution < 1.29 is 4.79 Å². The molecule has 0 aliphatic heterocycles. The van der Waals surface area contributed by atoms with E-state index < -0.39 is 0 Å². The smallest absolute Gasteiger partial charge is 0.317 e. The monoisotopic (exact) mass is 518 g/mol. The van der Waals surface area contributed by atoms with Crippen molar-refractivity contribution in [3.8, 4) is 11.1 Å². The molecule has 0 bridgehead atoms. The Morgan fingerprint density at radius 3 is 1.94 bits per heavy atom. The first-order chi connectivity index (χ1) is 16.4. The molecule has 1 aliphatic rings. The molecular formula is C30H35BrN2O. The van der Waals surface area contributed by atoms with Gasteiger partial charge in [0.25, 0.3) is 0 Å². The van der Waals surface area contributed by atoms with Crippen LogP contribution in [0.1, 0.15) is 60.8 Å². The molecule has 1 saturated carbocycles. The highest BCUT2D eigenvalue weighted by atomic mass is 79.9. The zero-order valence-electron chi connectivity index (χ0n) is 20.5. The third-order valence-corrected chi connectivity index (χ3v) is 7.45. The molecule has 0 spiro atoms. The summed E-state index contributed by atoms with van der Waals surface area (Å²) in [7, 11) is 0. The summed E-state index contributed by atoms with van der Waals surface area (Å²) < 4.78 is 1.08. The molecule has 0 unspecified atom stereocenters. The number of amides is 2. The van der Waals surface area contributed by atoms with Gasteiger partial charge in [0, 0.05) is 22.7 Å². The Hall–Kier alpha value is -2.59. The molecule has 1 aliphatic carbocycles. The van der Waals surface area contributed by atoms with Gasteiger partial charge in [-0.05, 0) is 73.6 Å². The van der Waals surface area contributed by atoms with Crippen LogP contribution in [0.2, 0.25) is 0 Å². The number of nitrogens with one attached hydrogen (secondary N) is 1. The molecule has 2 amide bonds. The van der Waals surface area contributed by atoms with Gasteiger partial charge in [0.2, 0.25) is 0 Å². The number of anilines is 1. The van der Waals surface area contributed by atoms with E-state index in [-0.39, 0.29) is 12.1 Å². The van der Waals surface area contributed by atoms with E-state index in [1.807, 2.05) is 0 Å². The molecule has 4 rings (SSSR count). The summed E-state index contributed by atoms with van der Waals surface area (Å²) in [6.45, 7) is 6.88. The number of rotatable bonds is 5. The maximum atomic E-state index is 13.6. The predicted molar refractivity (Wildman–Crippen MR) is 146 cm³/mol. The zero-order chi connectivity index (χ0) is 24.1. The minimum atomic E-state index is 0.0129. The minimum absolute atomic E-state index is 0.0129. The van der Waals surface area contributed by atoms with E-state index in [1.54, 1.807) is 0 Å². The Morgan fingerprint density at radius 2 is 1.38 bits per heavy atom. The molecule has 0 heterocycles. The molecule has 34 heavy (non-hydrogen) atoms. The first-order valence-corrected chi connectivity index (χ1v) is 13.2. The quantitative estimate of drug-likeness (QED) is 0.336. The summed E-state index contributed by atoms with van der Waals surface area (Å²) in [6, 6.07) is 21.6. The molecule has 3 aromatic rings. The Labute approximate surface area is 212 Å². The van der Waals surface area contributed by atoms with Crippen LogP contribution in [0.5, 0.6) is 0 Å². The summed E-state index contributed by atoms with van der Waals surface area (Å²) in [5, 5.41) is 3.27. The van der Waals surface area contributed by atoms with E-state index in [1.165, 1.54) is 42.4 Å². The van der Waals surface area contributed by atoms with Crippen LogP contribution < -0.4 is 5.32 Å². The maximum Gasteiger partial charge on any atom is 0.322 e. The molecule has 0 saturated heterocycles. The van der Waals surface area contributed by atoms with Gasteiger partial charge in [-0.15, -0.1) is 0 Å². The number of hydrogen-bond donors (Lipinski definition) is 1. The number of aryl methyl sites for hydroxylation is 3. The van der Waals surface area contributed by atoms with Crippen LogP contribution in [0.4, 0.5) is 10.5 Å². The molecule has 1 fully saturated rings. The summed E-state index contributed by atoms with van der Waals surface area (Å²) in [4.78, 5) is 15.7. The van der Waals surface area contributed by atoms with E-state index in [0.717, 1.165) is 39.7 Å². The molecular weight excluding hydrogens is 484 g/mol. The van der Waals surface area contributed by atoms with Crippen molar-refractivity contribution in [3.63, 3.8) is 0 Å².